The number of ether oxygens (including phenoxy) is 1. The first-order chi connectivity index (χ1) is 9.54. The van der Waals surface area contributed by atoms with Crippen LogP contribution in [0.15, 0.2) is 24.3 Å². The molecule has 0 bridgehead atoms. The molecule has 0 saturated carbocycles. The molecule has 20 heavy (non-hydrogen) atoms. The van der Waals surface area contributed by atoms with Gasteiger partial charge in [-0.3, -0.25) is 0 Å². The Morgan fingerprint density at radius 1 is 1.20 bits per heavy atom. The Labute approximate surface area is 125 Å². The first-order valence-corrected chi connectivity index (χ1v) is 7.03. The molecule has 0 aliphatic carbocycles. The summed E-state index contributed by atoms with van der Waals surface area (Å²) in [6, 6.07) is 7.96. The van der Waals surface area contributed by atoms with Crippen LogP contribution in [-0.4, -0.2) is 17.1 Å². The molecule has 0 aliphatic heterocycles. The molecule has 1 aromatic heterocycles. The van der Waals surface area contributed by atoms with Crippen LogP contribution in [-0.2, 0) is 11.3 Å². The maximum atomic E-state index is 6.33. The number of aryl methyl sites for hydroxylation is 1. The largest absolute Gasteiger partial charge is 0.380 e. The summed E-state index contributed by atoms with van der Waals surface area (Å²) >= 11 is 6.33. The predicted molar refractivity (Wildman–Crippen MR) is 82.0 cm³/mol. The Hall–Kier alpha value is -1.45. The molecule has 0 aliphatic rings. The van der Waals surface area contributed by atoms with Gasteiger partial charge in [-0.1, -0.05) is 49.7 Å². The van der Waals surface area contributed by atoms with Gasteiger partial charge in [0, 0.05) is 23.9 Å². The van der Waals surface area contributed by atoms with Crippen molar-refractivity contribution in [3.63, 3.8) is 0 Å². The zero-order valence-corrected chi connectivity index (χ0v) is 13.0. The first-order valence-electron chi connectivity index (χ1n) is 6.65. The second kappa shape index (κ2) is 6.33. The van der Waals surface area contributed by atoms with E-state index in [9.17, 15) is 0 Å². The fourth-order valence-corrected chi connectivity index (χ4v) is 2.78. The number of hydrogen-bond donors (Lipinski definition) is 0. The quantitative estimate of drug-likeness (QED) is 0.784. The Morgan fingerprint density at radius 2 is 1.90 bits per heavy atom. The maximum Gasteiger partial charge on any atom is 0.161 e. The van der Waals surface area contributed by atoms with E-state index in [0.717, 1.165) is 22.4 Å². The highest BCUT2D eigenvalue weighted by molar-refractivity contribution is 6.30. The van der Waals surface area contributed by atoms with Gasteiger partial charge in [0.05, 0.1) is 6.61 Å². The van der Waals surface area contributed by atoms with Gasteiger partial charge < -0.3 is 4.74 Å². The molecule has 3 nitrogen and oxygen atoms in total. The molecule has 0 fully saturated rings. The van der Waals surface area contributed by atoms with Crippen LogP contribution in [0.5, 0.6) is 0 Å². The third-order valence-electron chi connectivity index (χ3n) is 3.23. The van der Waals surface area contributed by atoms with Gasteiger partial charge in [-0.05, 0) is 18.4 Å². The predicted octanol–water partition coefficient (Wildman–Crippen LogP) is 4.38. The summed E-state index contributed by atoms with van der Waals surface area (Å²) in [6.07, 6.45) is 0. The summed E-state index contributed by atoms with van der Waals surface area (Å²) in [5.41, 5.74) is 3.97. The van der Waals surface area contributed by atoms with Gasteiger partial charge in [0.15, 0.2) is 5.82 Å². The molecular formula is C16H19ClN2O. The Bertz CT molecular complexity index is 588. The summed E-state index contributed by atoms with van der Waals surface area (Å²) in [6.45, 7) is 6.69. The molecule has 1 aromatic carbocycles. The molecule has 4 heteroatoms. The Morgan fingerprint density at radius 3 is 2.50 bits per heavy atom. The first kappa shape index (κ1) is 14.9. The lowest BCUT2D eigenvalue weighted by Gasteiger charge is -2.14. The summed E-state index contributed by atoms with van der Waals surface area (Å²) in [4.78, 5) is 9.08. The molecule has 2 aromatic rings. The minimum Gasteiger partial charge on any atom is -0.380 e. The molecule has 0 saturated heterocycles. The minimum atomic E-state index is 0.311. The van der Waals surface area contributed by atoms with Gasteiger partial charge in [-0.25, -0.2) is 9.97 Å². The highest BCUT2D eigenvalue weighted by Crippen LogP contribution is 2.29. The average molecular weight is 291 g/mol. The molecule has 2 rings (SSSR count). The van der Waals surface area contributed by atoms with Crippen molar-refractivity contribution in [2.24, 2.45) is 0 Å². The fraction of sp³-hybridized carbons (Fsp3) is 0.375. The maximum absolute atomic E-state index is 6.33. The Kier molecular flexibility index (Phi) is 4.73. The average Bonchev–Trinajstić information content (AvgIpc) is 2.38. The van der Waals surface area contributed by atoms with E-state index in [1.54, 1.807) is 7.11 Å². The molecule has 0 radical (unpaired) electrons. The van der Waals surface area contributed by atoms with Gasteiger partial charge >= 0.3 is 0 Å². The van der Waals surface area contributed by atoms with Gasteiger partial charge in [0.2, 0.25) is 0 Å². The van der Waals surface area contributed by atoms with E-state index in [0.29, 0.717) is 23.5 Å². The monoisotopic (exact) mass is 290 g/mol. The number of rotatable bonds is 4. The molecule has 0 unspecified atom stereocenters. The highest BCUT2D eigenvalue weighted by atomic mass is 35.5. The van der Waals surface area contributed by atoms with Crippen molar-refractivity contribution in [2.75, 3.05) is 7.11 Å². The standard InChI is InChI=1S/C16H19ClN2O/c1-10(2)14-11(3)18-16(19-15(14)17)13-8-6-5-7-12(13)9-20-4/h5-8,10H,9H2,1-4H3. The van der Waals surface area contributed by atoms with E-state index in [-0.39, 0.29) is 0 Å². The van der Waals surface area contributed by atoms with E-state index >= 15 is 0 Å². The van der Waals surface area contributed by atoms with Crippen molar-refractivity contribution in [1.82, 2.24) is 9.97 Å². The summed E-state index contributed by atoms with van der Waals surface area (Å²) in [5, 5.41) is 0.537. The number of benzene rings is 1. The van der Waals surface area contributed by atoms with Crippen LogP contribution in [0.3, 0.4) is 0 Å². The van der Waals surface area contributed by atoms with Crippen molar-refractivity contribution < 1.29 is 4.74 Å². The second-order valence-electron chi connectivity index (χ2n) is 5.08. The van der Waals surface area contributed by atoms with E-state index in [2.05, 4.69) is 23.8 Å². The number of halogens is 1. The zero-order chi connectivity index (χ0) is 14.7. The molecule has 0 amide bonds. The van der Waals surface area contributed by atoms with Crippen molar-refractivity contribution in [1.29, 1.82) is 0 Å². The van der Waals surface area contributed by atoms with Gasteiger partial charge in [-0.15, -0.1) is 0 Å². The third-order valence-corrected chi connectivity index (χ3v) is 3.51. The zero-order valence-electron chi connectivity index (χ0n) is 12.3. The van der Waals surface area contributed by atoms with Crippen molar-refractivity contribution in [3.8, 4) is 11.4 Å². The molecule has 1 heterocycles. The van der Waals surface area contributed by atoms with Crippen LogP contribution in [0.25, 0.3) is 11.4 Å². The van der Waals surface area contributed by atoms with E-state index in [4.69, 9.17) is 16.3 Å². The molecular weight excluding hydrogens is 272 g/mol. The van der Waals surface area contributed by atoms with Crippen LogP contribution in [0.4, 0.5) is 0 Å². The van der Waals surface area contributed by atoms with Gasteiger partial charge in [0.25, 0.3) is 0 Å². The van der Waals surface area contributed by atoms with E-state index in [1.165, 1.54) is 0 Å². The van der Waals surface area contributed by atoms with Crippen LogP contribution in [0, 0.1) is 6.92 Å². The van der Waals surface area contributed by atoms with Crippen molar-refractivity contribution in [2.45, 2.75) is 33.3 Å². The van der Waals surface area contributed by atoms with Gasteiger partial charge in [0.1, 0.15) is 5.15 Å². The Balaban J connectivity index is 2.54. The fourth-order valence-electron chi connectivity index (χ4n) is 2.34. The third kappa shape index (κ3) is 3.00. The van der Waals surface area contributed by atoms with E-state index < -0.39 is 0 Å². The normalized spacial score (nSPS) is 11.1. The SMILES string of the molecule is COCc1ccccc1-c1nc(C)c(C(C)C)c(Cl)n1. The topological polar surface area (TPSA) is 35.0 Å². The van der Waals surface area contributed by atoms with Crippen LogP contribution < -0.4 is 0 Å². The number of nitrogens with zero attached hydrogens (tertiary/aromatic N) is 2. The summed E-state index contributed by atoms with van der Waals surface area (Å²) in [7, 11) is 1.68. The number of hydrogen-bond acceptors (Lipinski definition) is 3. The number of aromatic nitrogens is 2. The minimum absolute atomic E-state index is 0.311. The van der Waals surface area contributed by atoms with Crippen molar-refractivity contribution >= 4 is 11.6 Å². The lowest BCUT2D eigenvalue weighted by atomic mass is 10.0. The van der Waals surface area contributed by atoms with Gasteiger partial charge in [-0.2, -0.15) is 0 Å². The number of methoxy groups -OCH3 is 1. The van der Waals surface area contributed by atoms with Crippen LogP contribution in [0.1, 0.15) is 36.6 Å². The smallest absolute Gasteiger partial charge is 0.161 e. The lowest BCUT2D eigenvalue weighted by molar-refractivity contribution is 0.185. The second-order valence-corrected chi connectivity index (χ2v) is 5.44. The molecule has 0 atom stereocenters. The van der Waals surface area contributed by atoms with E-state index in [1.807, 2.05) is 31.2 Å². The molecule has 106 valence electrons. The van der Waals surface area contributed by atoms with Crippen LogP contribution in [0.2, 0.25) is 5.15 Å². The lowest BCUT2D eigenvalue weighted by Crippen LogP contribution is -2.03. The summed E-state index contributed by atoms with van der Waals surface area (Å²) in [5.74, 6) is 0.968. The van der Waals surface area contributed by atoms with Crippen LogP contribution >= 0.6 is 11.6 Å². The molecule has 0 N–H and O–H groups in total. The summed E-state index contributed by atoms with van der Waals surface area (Å²) < 4.78 is 5.22. The van der Waals surface area contributed by atoms with Crippen molar-refractivity contribution in [3.05, 3.63) is 46.2 Å². The highest BCUT2D eigenvalue weighted by Gasteiger charge is 2.15. The molecule has 0 spiro atoms.